The molecular weight excluding hydrogens is 404 g/mol. The first kappa shape index (κ1) is 23.4. The molecule has 2 aromatic rings. The molecule has 0 amide bonds. The van der Waals surface area contributed by atoms with Gasteiger partial charge in [-0.3, -0.25) is 4.90 Å². The number of hydrogen-bond donors (Lipinski definition) is 2. The summed E-state index contributed by atoms with van der Waals surface area (Å²) < 4.78 is 18.6. The van der Waals surface area contributed by atoms with Crippen molar-refractivity contribution in [2.75, 3.05) is 26.8 Å². The Balaban J connectivity index is 1.58. The van der Waals surface area contributed by atoms with Gasteiger partial charge in [-0.15, -0.1) is 0 Å². The summed E-state index contributed by atoms with van der Waals surface area (Å²) in [5, 5.41) is 9.42. The monoisotopic (exact) mass is 440 g/mol. The molecule has 2 aromatic carbocycles. The van der Waals surface area contributed by atoms with E-state index in [2.05, 4.69) is 36.1 Å². The highest BCUT2D eigenvalue weighted by Crippen LogP contribution is 2.42. The van der Waals surface area contributed by atoms with E-state index in [-0.39, 0.29) is 24.7 Å². The molecule has 2 heterocycles. The zero-order chi connectivity index (χ0) is 22.5. The summed E-state index contributed by atoms with van der Waals surface area (Å²) in [5.41, 5.74) is 9.88. The van der Waals surface area contributed by atoms with E-state index in [1.807, 2.05) is 24.3 Å². The average Bonchev–Trinajstić information content (AvgIpc) is 3.27. The van der Waals surface area contributed by atoms with E-state index in [9.17, 15) is 5.11 Å². The fraction of sp³-hybridized carbons (Fsp3) is 0.538. The number of aliphatic hydroxyl groups is 1. The lowest BCUT2D eigenvalue weighted by Gasteiger charge is -2.43. The van der Waals surface area contributed by atoms with Crippen molar-refractivity contribution < 1.29 is 19.3 Å². The molecule has 3 N–H and O–H groups in total. The summed E-state index contributed by atoms with van der Waals surface area (Å²) in [4.78, 5) is 2.51. The minimum atomic E-state index is -0.436. The number of ether oxygens (including phenoxy) is 3. The van der Waals surface area contributed by atoms with Crippen molar-refractivity contribution in [3.63, 3.8) is 0 Å². The summed E-state index contributed by atoms with van der Waals surface area (Å²) in [6.45, 7) is 5.47. The number of benzene rings is 2. The number of methoxy groups -OCH3 is 1. The summed E-state index contributed by atoms with van der Waals surface area (Å²) in [5.74, 6) is 0.179. The molecule has 174 valence electrons. The molecule has 5 unspecified atom stereocenters. The third-order valence-corrected chi connectivity index (χ3v) is 6.88. The zero-order valence-electron chi connectivity index (χ0n) is 19.2. The van der Waals surface area contributed by atoms with E-state index in [4.69, 9.17) is 19.9 Å². The lowest BCUT2D eigenvalue weighted by molar-refractivity contribution is -0.276. The van der Waals surface area contributed by atoms with Gasteiger partial charge in [-0.25, -0.2) is 0 Å². The number of nitrogens with zero attached hydrogens (tertiary/aromatic N) is 1. The van der Waals surface area contributed by atoms with Crippen molar-refractivity contribution in [3.8, 4) is 0 Å². The molecule has 6 nitrogen and oxygen atoms in total. The van der Waals surface area contributed by atoms with Gasteiger partial charge < -0.3 is 25.1 Å². The number of likely N-dealkylation sites (tertiary alicyclic amines) is 1. The van der Waals surface area contributed by atoms with Crippen molar-refractivity contribution in [3.05, 3.63) is 70.8 Å². The third-order valence-electron chi connectivity index (χ3n) is 6.88. The molecule has 2 aliphatic rings. The first-order valence-corrected chi connectivity index (χ1v) is 11.7. The third kappa shape index (κ3) is 5.22. The van der Waals surface area contributed by atoms with Crippen LogP contribution < -0.4 is 5.73 Å². The van der Waals surface area contributed by atoms with E-state index in [1.165, 1.54) is 12.8 Å². The van der Waals surface area contributed by atoms with Crippen LogP contribution >= 0.6 is 0 Å². The molecule has 2 saturated heterocycles. The van der Waals surface area contributed by atoms with Crippen LogP contribution in [-0.4, -0.2) is 49.0 Å². The van der Waals surface area contributed by atoms with Gasteiger partial charge in [-0.1, -0.05) is 55.5 Å². The number of nitrogens with two attached hydrogens (primary N) is 1. The maximum atomic E-state index is 9.42. The predicted molar refractivity (Wildman–Crippen MR) is 124 cm³/mol. The molecule has 2 fully saturated rings. The van der Waals surface area contributed by atoms with Crippen LogP contribution in [0.3, 0.4) is 0 Å². The van der Waals surface area contributed by atoms with Gasteiger partial charge in [-0.05, 0) is 36.1 Å². The average molecular weight is 441 g/mol. The van der Waals surface area contributed by atoms with E-state index < -0.39 is 6.29 Å². The second kappa shape index (κ2) is 10.9. The number of aliphatic hydroxyl groups excluding tert-OH is 1. The van der Waals surface area contributed by atoms with Crippen LogP contribution in [0.25, 0.3) is 0 Å². The molecule has 32 heavy (non-hydrogen) atoms. The Kier molecular flexibility index (Phi) is 7.94. The fourth-order valence-corrected chi connectivity index (χ4v) is 4.89. The second-order valence-electron chi connectivity index (χ2n) is 9.01. The Morgan fingerprint density at radius 2 is 1.72 bits per heavy atom. The molecule has 0 spiro atoms. The quantitative estimate of drug-likeness (QED) is 0.654. The zero-order valence-corrected chi connectivity index (χ0v) is 19.2. The first-order valence-electron chi connectivity index (χ1n) is 11.7. The molecule has 0 radical (unpaired) electrons. The number of rotatable bonds is 8. The topological polar surface area (TPSA) is 77.2 Å². The molecular formula is C26H36N2O4. The highest BCUT2D eigenvalue weighted by Gasteiger charge is 2.40. The van der Waals surface area contributed by atoms with Crippen LogP contribution in [0.1, 0.15) is 54.4 Å². The van der Waals surface area contributed by atoms with Crippen LogP contribution in [0.5, 0.6) is 0 Å². The molecule has 6 heteroatoms. The summed E-state index contributed by atoms with van der Waals surface area (Å²) in [6, 6.07) is 16.7. The van der Waals surface area contributed by atoms with Gasteiger partial charge in [0.15, 0.2) is 6.29 Å². The largest absolute Gasteiger partial charge is 0.392 e. The Bertz CT molecular complexity index is 842. The maximum Gasteiger partial charge on any atom is 0.184 e. The lowest BCUT2D eigenvalue weighted by atomic mass is 9.90. The van der Waals surface area contributed by atoms with Crippen LogP contribution in [0.4, 0.5) is 0 Å². The van der Waals surface area contributed by atoms with Gasteiger partial charge in [0, 0.05) is 37.7 Å². The molecule has 0 saturated carbocycles. The second-order valence-corrected chi connectivity index (χ2v) is 9.01. The van der Waals surface area contributed by atoms with E-state index >= 15 is 0 Å². The van der Waals surface area contributed by atoms with Crippen molar-refractivity contribution in [2.24, 2.45) is 11.7 Å². The minimum absolute atomic E-state index is 0.0305. The Morgan fingerprint density at radius 3 is 2.38 bits per heavy atom. The van der Waals surface area contributed by atoms with Gasteiger partial charge >= 0.3 is 0 Å². The standard InChI is InChI=1S/C26H36N2O4/c1-18-24(15-28-13-3-4-23(28)17-30-2)31-26(22-11-5-19(14-27)6-12-22)32-25(18)21-9-7-20(16-29)8-10-21/h5-12,18,23-26,29H,3-4,13-17,27H2,1-2H3. The normalized spacial score (nSPS) is 28.8. The molecule has 5 atom stereocenters. The Morgan fingerprint density at radius 1 is 1.03 bits per heavy atom. The van der Waals surface area contributed by atoms with Crippen LogP contribution in [0.15, 0.2) is 48.5 Å². The van der Waals surface area contributed by atoms with Crippen LogP contribution in [-0.2, 0) is 27.4 Å². The smallest absolute Gasteiger partial charge is 0.184 e. The SMILES string of the molecule is COCC1CCCN1CC1OC(c2ccc(CN)cc2)OC(c2ccc(CO)cc2)C1C. The van der Waals surface area contributed by atoms with Crippen molar-refractivity contribution in [2.45, 2.75) is 57.5 Å². The van der Waals surface area contributed by atoms with E-state index in [0.717, 1.165) is 42.0 Å². The van der Waals surface area contributed by atoms with Gasteiger partial charge in [0.1, 0.15) is 0 Å². The van der Waals surface area contributed by atoms with Crippen LogP contribution in [0, 0.1) is 5.92 Å². The first-order chi connectivity index (χ1) is 15.6. The minimum Gasteiger partial charge on any atom is -0.392 e. The molecule has 0 aliphatic carbocycles. The summed E-state index contributed by atoms with van der Waals surface area (Å²) in [7, 11) is 1.77. The summed E-state index contributed by atoms with van der Waals surface area (Å²) in [6.07, 6.45) is 1.87. The van der Waals surface area contributed by atoms with Gasteiger partial charge in [0.05, 0.1) is 25.4 Å². The highest BCUT2D eigenvalue weighted by molar-refractivity contribution is 5.27. The molecule has 4 rings (SSSR count). The molecule has 0 aromatic heterocycles. The van der Waals surface area contributed by atoms with E-state index in [1.54, 1.807) is 7.11 Å². The van der Waals surface area contributed by atoms with Crippen molar-refractivity contribution >= 4 is 0 Å². The van der Waals surface area contributed by atoms with Gasteiger partial charge in [-0.2, -0.15) is 0 Å². The highest BCUT2D eigenvalue weighted by atomic mass is 16.7. The predicted octanol–water partition coefficient (Wildman–Crippen LogP) is 3.54. The Labute approximate surface area is 191 Å². The Hall–Kier alpha value is -1.80. The maximum absolute atomic E-state index is 9.42. The number of hydrogen-bond acceptors (Lipinski definition) is 6. The van der Waals surface area contributed by atoms with Crippen molar-refractivity contribution in [1.82, 2.24) is 4.90 Å². The fourth-order valence-electron chi connectivity index (χ4n) is 4.89. The molecule has 0 bridgehead atoms. The summed E-state index contributed by atoms with van der Waals surface area (Å²) >= 11 is 0. The van der Waals surface area contributed by atoms with Crippen LogP contribution in [0.2, 0.25) is 0 Å². The lowest BCUT2D eigenvalue weighted by Crippen LogP contribution is -2.46. The molecule has 2 aliphatic heterocycles. The van der Waals surface area contributed by atoms with Crippen molar-refractivity contribution in [1.29, 1.82) is 0 Å². The van der Waals surface area contributed by atoms with Gasteiger partial charge in [0.2, 0.25) is 0 Å². The van der Waals surface area contributed by atoms with Gasteiger partial charge in [0.25, 0.3) is 0 Å². The van der Waals surface area contributed by atoms with E-state index in [0.29, 0.717) is 12.6 Å².